The van der Waals surface area contributed by atoms with E-state index in [9.17, 15) is 5.11 Å². The van der Waals surface area contributed by atoms with E-state index in [-0.39, 0.29) is 12.6 Å². The SMILES string of the molecule is CCc1cccc(CC)c1N1C=[N+]([C@@H](CO)c2ccccc2)CC1. The van der Waals surface area contributed by atoms with E-state index in [0.717, 1.165) is 31.5 Å². The van der Waals surface area contributed by atoms with Crippen molar-refractivity contribution < 1.29 is 9.68 Å². The first kappa shape index (κ1) is 16.7. The molecule has 1 aliphatic heterocycles. The molecule has 0 saturated heterocycles. The third kappa shape index (κ3) is 3.22. The first-order chi connectivity index (χ1) is 11.8. The van der Waals surface area contributed by atoms with Crippen LogP contribution in [0.15, 0.2) is 48.5 Å². The van der Waals surface area contributed by atoms with Crippen LogP contribution in [0.25, 0.3) is 0 Å². The molecule has 0 fully saturated rings. The third-order valence-electron chi connectivity index (χ3n) is 4.90. The summed E-state index contributed by atoms with van der Waals surface area (Å²) in [6.45, 7) is 6.46. The number of rotatable bonds is 6. The first-order valence-electron chi connectivity index (χ1n) is 8.92. The van der Waals surface area contributed by atoms with Gasteiger partial charge in [-0.25, -0.2) is 4.90 Å². The number of para-hydroxylation sites is 1. The average Bonchev–Trinajstić information content (AvgIpc) is 3.11. The standard InChI is InChI=1S/C21H27N2O/c1-3-17-11-8-12-18(4-2)21(17)23-14-13-22(16-23)20(15-24)19-9-6-5-7-10-19/h5-12,16,20,24H,3-4,13-15H2,1-2H3/q+1/t20-/m0/s1. The van der Waals surface area contributed by atoms with E-state index in [4.69, 9.17) is 0 Å². The molecular formula is C21H27N2O+. The van der Waals surface area contributed by atoms with Gasteiger partial charge in [-0.3, -0.25) is 4.58 Å². The van der Waals surface area contributed by atoms with E-state index >= 15 is 0 Å². The lowest BCUT2D eigenvalue weighted by Crippen LogP contribution is -2.22. The van der Waals surface area contributed by atoms with Gasteiger partial charge in [-0.2, -0.15) is 0 Å². The minimum Gasteiger partial charge on any atom is -0.392 e. The molecule has 0 bridgehead atoms. The quantitative estimate of drug-likeness (QED) is 0.825. The smallest absolute Gasteiger partial charge is 0.240 e. The van der Waals surface area contributed by atoms with Gasteiger partial charge in [0, 0.05) is 0 Å². The Balaban J connectivity index is 1.94. The second kappa shape index (κ2) is 7.63. The highest BCUT2D eigenvalue weighted by atomic mass is 16.3. The number of aliphatic hydroxyl groups is 1. The van der Waals surface area contributed by atoms with Crippen LogP contribution in [0.2, 0.25) is 0 Å². The van der Waals surface area contributed by atoms with Crippen molar-refractivity contribution in [2.24, 2.45) is 0 Å². The van der Waals surface area contributed by atoms with Gasteiger partial charge in [0.25, 0.3) is 0 Å². The summed E-state index contributed by atoms with van der Waals surface area (Å²) in [6, 6.07) is 16.9. The minimum absolute atomic E-state index is 0.0232. The molecular weight excluding hydrogens is 296 g/mol. The van der Waals surface area contributed by atoms with Crippen molar-refractivity contribution in [2.45, 2.75) is 32.7 Å². The van der Waals surface area contributed by atoms with E-state index in [2.05, 4.69) is 60.0 Å². The summed E-state index contributed by atoms with van der Waals surface area (Å²) in [6.07, 6.45) is 4.27. The van der Waals surface area contributed by atoms with Gasteiger partial charge in [0.2, 0.25) is 6.34 Å². The molecule has 24 heavy (non-hydrogen) atoms. The van der Waals surface area contributed by atoms with E-state index in [1.807, 2.05) is 18.2 Å². The molecule has 0 spiro atoms. The predicted octanol–water partition coefficient (Wildman–Crippen LogP) is 3.41. The maximum atomic E-state index is 9.92. The topological polar surface area (TPSA) is 26.5 Å². The Morgan fingerprint density at radius 1 is 1.00 bits per heavy atom. The summed E-state index contributed by atoms with van der Waals surface area (Å²) in [5.41, 5.74) is 5.31. The van der Waals surface area contributed by atoms with E-state index in [0.29, 0.717) is 0 Å². The fourth-order valence-electron chi connectivity index (χ4n) is 3.58. The Bertz CT molecular complexity index is 687. The summed E-state index contributed by atoms with van der Waals surface area (Å²) in [5, 5.41) is 9.92. The molecule has 1 N–H and O–H groups in total. The molecule has 0 amide bonds. The van der Waals surface area contributed by atoms with Crippen molar-refractivity contribution in [3.63, 3.8) is 0 Å². The second-order valence-corrected chi connectivity index (χ2v) is 6.29. The summed E-state index contributed by atoms with van der Waals surface area (Å²) in [5.74, 6) is 0. The van der Waals surface area contributed by atoms with Gasteiger partial charge in [0.15, 0.2) is 0 Å². The minimum atomic E-state index is 0.0232. The fourth-order valence-corrected chi connectivity index (χ4v) is 3.58. The number of aliphatic hydroxyl groups excluding tert-OH is 1. The van der Waals surface area contributed by atoms with Crippen molar-refractivity contribution in [1.29, 1.82) is 0 Å². The Morgan fingerprint density at radius 3 is 2.25 bits per heavy atom. The van der Waals surface area contributed by atoms with Gasteiger partial charge < -0.3 is 5.11 Å². The van der Waals surface area contributed by atoms with Crippen molar-refractivity contribution in [3.05, 3.63) is 65.2 Å². The molecule has 0 radical (unpaired) electrons. The van der Waals surface area contributed by atoms with Gasteiger partial charge in [-0.15, -0.1) is 0 Å². The number of aryl methyl sites for hydroxylation is 2. The zero-order valence-electron chi connectivity index (χ0n) is 14.7. The highest BCUT2D eigenvalue weighted by molar-refractivity contribution is 5.81. The second-order valence-electron chi connectivity index (χ2n) is 6.29. The first-order valence-corrected chi connectivity index (χ1v) is 8.92. The normalized spacial score (nSPS) is 15.5. The molecule has 126 valence electrons. The van der Waals surface area contributed by atoms with E-state index in [1.54, 1.807) is 0 Å². The Morgan fingerprint density at radius 2 is 1.67 bits per heavy atom. The highest BCUT2D eigenvalue weighted by Gasteiger charge is 2.29. The van der Waals surface area contributed by atoms with Crippen LogP contribution in [0.4, 0.5) is 5.69 Å². The number of benzene rings is 2. The molecule has 2 aromatic rings. The highest BCUT2D eigenvalue weighted by Crippen LogP contribution is 2.28. The lowest BCUT2D eigenvalue weighted by molar-refractivity contribution is -0.562. The number of nitrogens with zero attached hydrogens (tertiary/aromatic N) is 2. The van der Waals surface area contributed by atoms with Gasteiger partial charge >= 0.3 is 0 Å². The lowest BCUT2D eigenvalue weighted by Gasteiger charge is -2.15. The lowest BCUT2D eigenvalue weighted by atomic mass is 10.0. The summed E-state index contributed by atoms with van der Waals surface area (Å²) < 4.78 is 2.27. The van der Waals surface area contributed by atoms with Crippen LogP contribution in [0.3, 0.4) is 0 Å². The third-order valence-corrected chi connectivity index (χ3v) is 4.90. The molecule has 0 saturated carbocycles. The van der Waals surface area contributed by atoms with Gasteiger partial charge in [-0.1, -0.05) is 62.4 Å². The Hall–Kier alpha value is -2.13. The number of hydrogen-bond donors (Lipinski definition) is 1. The Labute approximate surface area is 144 Å². The maximum absolute atomic E-state index is 9.92. The molecule has 1 aliphatic rings. The zero-order chi connectivity index (χ0) is 16.9. The summed E-state index contributed by atoms with van der Waals surface area (Å²) in [4.78, 5) is 2.36. The molecule has 0 aliphatic carbocycles. The monoisotopic (exact) mass is 323 g/mol. The van der Waals surface area contributed by atoms with E-state index < -0.39 is 0 Å². The van der Waals surface area contributed by atoms with Crippen LogP contribution in [-0.2, 0) is 12.8 Å². The molecule has 3 heteroatoms. The van der Waals surface area contributed by atoms with Crippen molar-refractivity contribution in [2.75, 3.05) is 24.6 Å². The van der Waals surface area contributed by atoms with Crippen LogP contribution in [0.1, 0.15) is 36.6 Å². The largest absolute Gasteiger partial charge is 0.392 e. The van der Waals surface area contributed by atoms with Gasteiger partial charge in [0.05, 0.1) is 6.61 Å². The molecule has 1 atom stereocenters. The molecule has 0 unspecified atom stereocenters. The van der Waals surface area contributed by atoms with Crippen LogP contribution in [-0.4, -0.2) is 35.7 Å². The summed E-state index contributed by atoms with van der Waals surface area (Å²) >= 11 is 0. The molecule has 3 nitrogen and oxygen atoms in total. The van der Waals surface area contributed by atoms with E-state index in [1.165, 1.54) is 16.8 Å². The fraction of sp³-hybridized carbons (Fsp3) is 0.381. The average molecular weight is 323 g/mol. The maximum Gasteiger partial charge on any atom is 0.240 e. The predicted molar refractivity (Wildman–Crippen MR) is 100 cm³/mol. The summed E-state index contributed by atoms with van der Waals surface area (Å²) in [7, 11) is 0. The van der Waals surface area contributed by atoms with Gasteiger partial charge in [-0.05, 0) is 29.5 Å². The molecule has 3 rings (SSSR count). The number of anilines is 1. The van der Waals surface area contributed by atoms with Gasteiger partial charge in [0.1, 0.15) is 24.8 Å². The van der Waals surface area contributed by atoms with Crippen LogP contribution >= 0.6 is 0 Å². The number of hydrogen-bond acceptors (Lipinski definition) is 2. The van der Waals surface area contributed by atoms with Crippen molar-refractivity contribution >= 4 is 12.0 Å². The molecule has 2 aromatic carbocycles. The van der Waals surface area contributed by atoms with Crippen LogP contribution in [0, 0.1) is 0 Å². The Kier molecular flexibility index (Phi) is 5.31. The van der Waals surface area contributed by atoms with Crippen molar-refractivity contribution in [3.8, 4) is 0 Å². The van der Waals surface area contributed by atoms with Crippen LogP contribution in [0.5, 0.6) is 0 Å². The molecule has 0 aromatic heterocycles. The van der Waals surface area contributed by atoms with Crippen LogP contribution < -0.4 is 4.90 Å². The molecule has 1 heterocycles. The zero-order valence-corrected chi connectivity index (χ0v) is 14.7. The van der Waals surface area contributed by atoms with Crippen molar-refractivity contribution in [1.82, 2.24) is 0 Å².